The van der Waals surface area contributed by atoms with Crippen molar-refractivity contribution < 1.29 is 23.0 Å². The number of rotatable bonds is 6. The molecule has 2 aromatic heterocycles. The first-order valence-corrected chi connectivity index (χ1v) is 11.5. The molecule has 0 spiro atoms. The predicted molar refractivity (Wildman–Crippen MR) is 115 cm³/mol. The molecule has 12 heteroatoms. The van der Waals surface area contributed by atoms with E-state index in [1.54, 1.807) is 5.38 Å². The molecule has 1 saturated heterocycles. The fraction of sp³-hybridized carbons (Fsp3) is 0.474. The van der Waals surface area contributed by atoms with E-state index in [9.17, 15) is 13.6 Å². The van der Waals surface area contributed by atoms with Crippen LogP contribution in [0.4, 0.5) is 14.6 Å². The zero-order valence-corrected chi connectivity index (χ0v) is 18.2. The number of carbonyl (C=O) groups is 1. The van der Waals surface area contributed by atoms with Gasteiger partial charge in [0, 0.05) is 17.1 Å². The fourth-order valence-corrected chi connectivity index (χ4v) is 5.52. The molecule has 4 heterocycles. The van der Waals surface area contributed by atoms with Crippen LogP contribution in [0.3, 0.4) is 0 Å². The second kappa shape index (κ2) is 9.05. The Bertz CT molecular complexity index is 972. The summed E-state index contributed by atoms with van der Waals surface area (Å²) in [6.45, 7) is 1.70. The maximum Gasteiger partial charge on any atom is 0.275 e. The highest BCUT2D eigenvalue weighted by Crippen LogP contribution is 2.47. The summed E-state index contributed by atoms with van der Waals surface area (Å²) in [7, 11) is 0. The topological polar surface area (TPSA) is 112 Å². The molecular formula is C19H21F2N5O3S2. The maximum absolute atomic E-state index is 12.5. The van der Waals surface area contributed by atoms with Gasteiger partial charge in [0.1, 0.15) is 34.4 Å². The maximum atomic E-state index is 12.5. The van der Waals surface area contributed by atoms with Gasteiger partial charge in [0.05, 0.1) is 18.9 Å². The smallest absolute Gasteiger partial charge is 0.275 e. The highest BCUT2D eigenvalue weighted by atomic mass is 32.2. The van der Waals surface area contributed by atoms with Crippen molar-refractivity contribution >= 4 is 40.0 Å². The number of alkyl halides is 2. The molecule has 1 fully saturated rings. The Labute approximate surface area is 185 Å². The number of ether oxygens (including phenoxy) is 2. The molecule has 0 saturated carbocycles. The van der Waals surface area contributed by atoms with E-state index in [1.807, 2.05) is 6.92 Å². The van der Waals surface area contributed by atoms with Gasteiger partial charge in [-0.1, -0.05) is 11.8 Å². The van der Waals surface area contributed by atoms with Crippen LogP contribution in [0.5, 0.6) is 5.75 Å². The number of nitrogens with zero attached hydrogens (tertiary/aromatic N) is 3. The number of aromatic nitrogens is 2. The summed E-state index contributed by atoms with van der Waals surface area (Å²) in [5, 5.41) is 5.70. The number of hydrogen-bond donors (Lipinski definition) is 2. The van der Waals surface area contributed by atoms with Gasteiger partial charge in [0.25, 0.3) is 12.3 Å². The molecule has 8 nitrogen and oxygen atoms in total. The Morgan fingerprint density at radius 3 is 3.06 bits per heavy atom. The third-order valence-electron chi connectivity index (χ3n) is 5.08. The minimum absolute atomic E-state index is 0.112. The van der Waals surface area contributed by atoms with E-state index in [1.165, 1.54) is 41.4 Å². The summed E-state index contributed by atoms with van der Waals surface area (Å²) in [6.07, 6.45) is -0.354. The average Bonchev–Trinajstić information content (AvgIpc) is 3.22. The Balaban J connectivity index is 1.47. The van der Waals surface area contributed by atoms with Gasteiger partial charge in [0.15, 0.2) is 5.17 Å². The Kier molecular flexibility index (Phi) is 6.39. The van der Waals surface area contributed by atoms with Crippen LogP contribution < -0.4 is 15.8 Å². The quantitative estimate of drug-likeness (QED) is 0.669. The van der Waals surface area contributed by atoms with Crippen molar-refractivity contribution in [2.24, 2.45) is 16.6 Å². The molecule has 0 bridgehead atoms. The van der Waals surface area contributed by atoms with E-state index in [4.69, 9.17) is 20.2 Å². The molecule has 2 aliphatic heterocycles. The summed E-state index contributed by atoms with van der Waals surface area (Å²) < 4.78 is 35.2. The Hall–Kier alpha value is -2.31. The molecule has 3 atom stereocenters. The van der Waals surface area contributed by atoms with Gasteiger partial charge < -0.3 is 20.5 Å². The zero-order chi connectivity index (χ0) is 22.0. The number of nitrogens with one attached hydrogen (secondary N) is 1. The van der Waals surface area contributed by atoms with Gasteiger partial charge in [-0.2, -0.15) is 0 Å². The minimum atomic E-state index is -2.58. The molecule has 2 aliphatic rings. The molecule has 166 valence electrons. The van der Waals surface area contributed by atoms with Crippen molar-refractivity contribution in [2.75, 3.05) is 24.3 Å². The molecule has 1 amide bonds. The molecule has 0 aromatic carbocycles. The number of pyridine rings is 1. The number of nitrogens with two attached hydrogens (primary N) is 1. The van der Waals surface area contributed by atoms with Crippen molar-refractivity contribution in [1.29, 1.82) is 0 Å². The largest absolute Gasteiger partial charge is 0.486 e. The number of amidine groups is 1. The summed E-state index contributed by atoms with van der Waals surface area (Å²) in [4.78, 5) is 25.8. The van der Waals surface area contributed by atoms with Gasteiger partial charge in [0.2, 0.25) is 0 Å². The van der Waals surface area contributed by atoms with Gasteiger partial charge in [-0.15, -0.1) is 11.3 Å². The van der Waals surface area contributed by atoms with Crippen LogP contribution in [-0.4, -0.2) is 52.5 Å². The summed E-state index contributed by atoms with van der Waals surface area (Å²) in [5.41, 5.74) is 5.49. The summed E-state index contributed by atoms with van der Waals surface area (Å²) in [5.74, 6) is 1.15. The number of amides is 1. The van der Waals surface area contributed by atoms with Gasteiger partial charge in [-0.25, -0.2) is 23.7 Å². The number of carbonyl (C=O) groups excluding carboxylic acids is 1. The highest BCUT2D eigenvalue weighted by Gasteiger charge is 2.49. The van der Waals surface area contributed by atoms with E-state index < -0.39 is 24.5 Å². The first-order valence-electron chi connectivity index (χ1n) is 9.60. The molecule has 3 unspecified atom stereocenters. The lowest BCUT2D eigenvalue weighted by Gasteiger charge is -2.44. The number of hydrogen-bond acceptors (Lipinski definition) is 9. The molecule has 0 aliphatic carbocycles. The van der Waals surface area contributed by atoms with Crippen molar-refractivity contribution in [3.63, 3.8) is 0 Å². The Morgan fingerprint density at radius 1 is 1.48 bits per heavy atom. The Morgan fingerprint density at radius 2 is 2.32 bits per heavy atom. The number of thiazole rings is 1. The fourth-order valence-electron chi connectivity index (χ4n) is 3.55. The molecule has 3 N–H and O–H groups in total. The summed E-state index contributed by atoms with van der Waals surface area (Å²) in [6, 6.07) is 2.82. The normalized spacial score (nSPS) is 25.6. The first-order chi connectivity index (χ1) is 14.9. The third-order valence-corrected chi connectivity index (χ3v) is 7.05. The first kappa shape index (κ1) is 21.9. The predicted octanol–water partition coefficient (Wildman–Crippen LogP) is 3.12. The van der Waals surface area contributed by atoms with Crippen LogP contribution in [0.1, 0.15) is 28.8 Å². The molecule has 31 heavy (non-hydrogen) atoms. The van der Waals surface area contributed by atoms with Gasteiger partial charge >= 0.3 is 0 Å². The van der Waals surface area contributed by atoms with E-state index in [0.717, 1.165) is 17.2 Å². The number of anilines is 1. The van der Waals surface area contributed by atoms with Crippen LogP contribution >= 0.6 is 23.1 Å². The van der Waals surface area contributed by atoms with Gasteiger partial charge in [-0.05, 0) is 25.5 Å². The van der Waals surface area contributed by atoms with E-state index in [0.29, 0.717) is 17.6 Å². The zero-order valence-electron chi connectivity index (χ0n) is 16.6. The molecular weight excluding hydrogens is 448 g/mol. The molecule has 4 rings (SSSR count). The number of aliphatic imine (C=N–C) groups is 1. The van der Waals surface area contributed by atoms with Crippen molar-refractivity contribution in [2.45, 2.75) is 31.4 Å². The van der Waals surface area contributed by atoms with E-state index in [2.05, 4.69) is 15.3 Å². The molecule has 0 radical (unpaired) electrons. The minimum Gasteiger partial charge on any atom is -0.486 e. The highest BCUT2D eigenvalue weighted by molar-refractivity contribution is 8.13. The van der Waals surface area contributed by atoms with Crippen LogP contribution in [0.15, 0.2) is 28.7 Å². The lowest BCUT2D eigenvalue weighted by Crippen LogP contribution is -2.49. The van der Waals surface area contributed by atoms with Crippen LogP contribution in [0.2, 0.25) is 0 Å². The van der Waals surface area contributed by atoms with Crippen LogP contribution in [-0.2, 0) is 10.3 Å². The number of fused-ring (bicyclic) bond motifs is 1. The second-order valence-corrected chi connectivity index (χ2v) is 9.21. The lowest BCUT2D eigenvalue weighted by molar-refractivity contribution is -0.0466. The third kappa shape index (κ3) is 4.80. The average molecular weight is 470 g/mol. The second-order valence-electron chi connectivity index (χ2n) is 7.31. The van der Waals surface area contributed by atoms with Crippen molar-refractivity contribution in [1.82, 2.24) is 9.97 Å². The van der Waals surface area contributed by atoms with Crippen LogP contribution in [0, 0.1) is 5.92 Å². The number of thioether (sulfide) groups is 1. The van der Waals surface area contributed by atoms with Crippen molar-refractivity contribution in [3.8, 4) is 5.75 Å². The number of halogens is 2. The summed E-state index contributed by atoms with van der Waals surface area (Å²) >= 11 is 2.93. The monoisotopic (exact) mass is 469 g/mol. The molecule has 2 aromatic rings. The lowest BCUT2D eigenvalue weighted by atomic mass is 9.80. The van der Waals surface area contributed by atoms with E-state index >= 15 is 0 Å². The standard InChI is InChI=1S/C19H21F2N5O3S2/c1-10-4-11-7-31-18(22)26-19(11,9-29-10)17-25-15(8-30-17)24-16(27)13-3-2-12(5-23-13)28-6-14(20)21/h2-3,5,8,10-11,14H,4,6-7,9H2,1H3,(H2,22,26)(H,24,27). The van der Waals surface area contributed by atoms with Crippen LogP contribution in [0.25, 0.3) is 0 Å². The van der Waals surface area contributed by atoms with E-state index in [-0.39, 0.29) is 23.5 Å². The van der Waals surface area contributed by atoms with Crippen molar-refractivity contribution in [3.05, 3.63) is 34.4 Å². The SMILES string of the molecule is CC1CC2CSC(N)=NC2(c2nc(NC(=O)c3ccc(OCC(F)F)cn3)cs2)CO1. The van der Waals surface area contributed by atoms with Gasteiger partial charge in [-0.3, -0.25) is 4.79 Å².